The third kappa shape index (κ3) is 4.91. The van der Waals surface area contributed by atoms with Crippen molar-refractivity contribution in [2.75, 3.05) is 31.8 Å². The monoisotopic (exact) mass is 545 g/mol. The van der Waals surface area contributed by atoms with Gasteiger partial charge in [0.15, 0.2) is 5.60 Å². The van der Waals surface area contributed by atoms with Gasteiger partial charge in [-0.3, -0.25) is 14.7 Å². The number of aliphatic hydroxyl groups is 2. The van der Waals surface area contributed by atoms with Crippen LogP contribution in [-0.2, 0) is 20.7 Å². The van der Waals surface area contributed by atoms with Crippen LogP contribution in [0.3, 0.4) is 0 Å². The first-order valence-corrected chi connectivity index (χ1v) is 12.8. The highest BCUT2D eigenvalue weighted by atomic mass is 16.6. The highest BCUT2D eigenvalue weighted by Gasteiger charge is 2.55. The first-order chi connectivity index (χ1) is 19.3. The maximum Gasteiger partial charge on any atom is 0.291 e. The van der Waals surface area contributed by atoms with E-state index in [1.165, 1.54) is 4.90 Å². The number of nitrogens with zero attached hydrogens (tertiary/aromatic N) is 3. The van der Waals surface area contributed by atoms with Crippen LogP contribution in [0.2, 0.25) is 0 Å². The summed E-state index contributed by atoms with van der Waals surface area (Å²) in [5, 5.41) is 30.3. The third-order valence-corrected chi connectivity index (χ3v) is 7.12. The Morgan fingerprint density at radius 1 is 1.23 bits per heavy atom. The van der Waals surface area contributed by atoms with Gasteiger partial charge in [0.1, 0.15) is 42.5 Å². The van der Waals surface area contributed by atoms with E-state index in [9.17, 15) is 19.8 Å². The molecule has 1 aromatic heterocycles. The number of aromatic nitrogens is 3. The van der Waals surface area contributed by atoms with E-state index in [0.29, 0.717) is 29.2 Å². The van der Waals surface area contributed by atoms with Crippen LogP contribution in [0.15, 0.2) is 48.5 Å². The second kappa shape index (κ2) is 10.4. The van der Waals surface area contributed by atoms with Crippen molar-refractivity contribution >= 4 is 17.5 Å². The summed E-state index contributed by atoms with van der Waals surface area (Å²) in [7, 11) is 1.58. The van der Waals surface area contributed by atoms with Gasteiger partial charge in [-0.15, -0.1) is 5.10 Å². The van der Waals surface area contributed by atoms with Crippen LogP contribution in [0.5, 0.6) is 5.75 Å². The van der Waals surface area contributed by atoms with Gasteiger partial charge in [-0.05, 0) is 23.8 Å². The van der Waals surface area contributed by atoms with Gasteiger partial charge in [0.05, 0.1) is 18.9 Å². The number of aliphatic hydroxyl groups excluding tert-OH is 1. The fourth-order valence-corrected chi connectivity index (χ4v) is 4.96. The Balaban J connectivity index is 1.14. The molecule has 6 rings (SSSR count). The van der Waals surface area contributed by atoms with E-state index in [2.05, 4.69) is 32.3 Å². The first kappa shape index (κ1) is 26.0. The van der Waals surface area contributed by atoms with Crippen LogP contribution in [0.25, 0.3) is 0 Å². The molecule has 4 heterocycles. The molecular formula is C28H27N5O7. The van der Waals surface area contributed by atoms with Crippen molar-refractivity contribution in [2.45, 2.75) is 36.4 Å². The topological polar surface area (TPSA) is 159 Å². The number of H-pyrrole nitrogens is 1. The lowest BCUT2D eigenvalue weighted by Gasteiger charge is -2.20. The summed E-state index contributed by atoms with van der Waals surface area (Å²) in [5.74, 6) is 5.62. The molecule has 206 valence electrons. The van der Waals surface area contributed by atoms with Gasteiger partial charge in [-0.25, -0.2) is 4.98 Å². The minimum atomic E-state index is -1.57. The lowest BCUT2D eigenvalue weighted by molar-refractivity contribution is -0.120. The zero-order valence-corrected chi connectivity index (χ0v) is 21.5. The van der Waals surface area contributed by atoms with Crippen molar-refractivity contribution < 1.29 is 34.0 Å². The number of benzene rings is 2. The summed E-state index contributed by atoms with van der Waals surface area (Å²) >= 11 is 0. The van der Waals surface area contributed by atoms with Crippen molar-refractivity contribution in [3.63, 3.8) is 0 Å². The Labute approximate surface area is 229 Å². The quantitative estimate of drug-likeness (QED) is 0.326. The maximum atomic E-state index is 13.3. The molecule has 3 aliphatic heterocycles. The molecule has 2 saturated heterocycles. The number of fused-ring (bicyclic) bond motifs is 2. The average molecular weight is 546 g/mol. The summed E-state index contributed by atoms with van der Waals surface area (Å²) < 4.78 is 16.8. The molecule has 12 heteroatoms. The molecular weight excluding hydrogens is 518 g/mol. The normalized spacial score (nSPS) is 27.2. The predicted molar refractivity (Wildman–Crippen MR) is 140 cm³/mol. The van der Waals surface area contributed by atoms with Crippen LogP contribution in [0.4, 0.5) is 5.69 Å². The number of carbonyl (C=O) groups excluding carboxylic acids is 2. The molecule has 12 nitrogen and oxygen atoms in total. The van der Waals surface area contributed by atoms with Crippen molar-refractivity contribution in [1.29, 1.82) is 0 Å². The smallest absolute Gasteiger partial charge is 0.291 e. The van der Waals surface area contributed by atoms with Crippen LogP contribution in [0, 0.1) is 11.8 Å². The summed E-state index contributed by atoms with van der Waals surface area (Å²) in [4.78, 5) is 31.8. The van der Waals surface area contributed by atoms with Crippen molar-refractivity contribution in [3.8, 4) is 17.6 Å². The Bertz CT molecular complexity index is 1500. The summed E-state index contributed by atoms with van der Waals surface area (Å²) in [5.41, 5.74) is 0.425. The molecule has 2 amide bonds. The maximum absolute atomic E-state index is 13.3. The molecule has 4 N–H and O–H groups in total. The molecule has 0 aliphatic carbocycles. The number of anilines is 1. The number of ether oxygens (including phenoxy) is 3. The number of rotatable bonds is 4. The molecule has 2 unspecified atom stereocenters. The number of hydrogen-bond donors (Lipinski definition) is 4. The number of amides is 2. The number of carbonyl (C=O) groups is 2. The van der Waals surface area contributed by atoms with E-state index >= 15 is 0 Å². The van der Waals surface area contributed by atoms with E-state index in [4.69, 9.17) is 14.2 Å². The Kier molecular flexibility index (Phi) is 6.73. The third-order valence-electron chi connectivity index (χ3n) is 7.12. The number of hydrogen-bond acceptors (Lipinski definition) is 9. The van der Waals surface area contributed by atoms with Crippen molar-refractivity contribution in [1.82, 2.24) is 20.5 Å². The number of likely N-dealkylation sites (N-methyl/N-ethyl adjacent to an activating group) is 1. The van der Waals surface area contributed by atoms with Crippen molar-refractivity contribution in [3.05, 3.63) is 71.3 Å². The van der Waals surface area contributed by atoms with Gasteiger partial charge in [0, 0.05) is 19.0 Å². The van der Waals surface area contributed by atoms with E-state index in [0.717, 1.165) is 5.56 Å². The predicted octanol–water partition coefficient (Wildman–Crippen LogP) is -0.210. The Morgan fingerprint density at radius 3 is 2.88 bits per heavy atom. The molecule has 0 radical (unpaired) electrons. The largest absolute Gasteiger partial charge is 0.489 e. The van der Waals surface area contributed by atoms with E-state index in [-0.39, 0.29) is 25.6 Å². The molecule has 0 bridgehead atoms. The molecule has 3 aliphatic rings. The number of nitrogens with one attached hydrogen (secondary N) is 2. The summed E-state index contributed by atoms with van der Waals surface area (Å²) in [6.07, 6.45) is -1.69. The minimum Gasteiger partial charge on any atom is -0.489 e. The minimum absolute atomic E-state index is 0.0736. The number of aromatic amines is 1. The van der Waals surface area contributed by atoms with Gasteiger partial charge in [0.2, 0.25) is 5.82 Å². The zero-order chi connectivity index (χ0) is 27.9. The Morgan fingerprint density at radius 2 is 2.05 bits per heavy atom. The highest BCUT2D eigenvalue weighted by Crippen LogP contribution is 2.35. The van der Waals surface area contributed by atoms with Crippen LogP contribution < -0.4 is 15.0 Å². The fraction of sp³-hybridized carbons (Fsp3) is 0.357. The van der Waals surface area contributed by atoms with Gasteiger partial charge in [-0.2, -0.15) is 0 Å². The molecule has 2 aromatic carbocycles. The zero-order valence-electron chi connectivity index (χ0n) is 21.5. The molecule has 5 atom stereocenters. The molecule has 40 heavy (non-hydrogen) atoms. The van der Waals surface area contributed by atoms with Crippen LogP contribution in [0.1, 0.15) is 27.6 Å². The molecule has 0 spiro atoms. The lowest BCUT2D eigenvalue weighted by atomic mass is 9.96. The second-order valence-electron chi connectivity index (χ2n) is 9.96. The highest BCUT2D eigenvalue weighted by molar-refractivity contribution is 6.02. The van der Waals surface area contributed by atoms with E-state index < -0.39 is 41.8 Å². The van der Waals surface area contributed by atoms with Crippen LogP contribution >= 0.6 is 0 Å². The molecule has 0 saturated carbocycles. The van der Waals surface area contributed by atoms with E-state index in [1.807, 2.05) is 30.3 Å². The van der Waals surface area contributed by atoms with Gasteiger partial charge in [0.25, 0.3) is 11.8 Å². The average Bonchev–Trinajstić information content (AvgIpc) is 3.66. The fourth-order valence-electron chi connectivity index (χ4n) is 4.96. The van der Waals surface area contributed by atoms with Gasteiger partial charge >= 0.3 is 0 Å². The molecule has 2 fully saturated rings. The summed E-state index contributed by atoms with van der Waals surface area (Å²) in [6, 6.07) is 13.7. The lowest BCUT2D eigenvalue weighted by Crippen LogP contribution is -2.49. The first-order valence-electron chi connectivity index (χ1n) is 12.8. The SMILES string of the molecule is CN1C(=O)[C@@H](NC(=O)c2n[nH]c(Cc3ccccc3)n2)COc2ccc(C#C[C@@]3(O)COC4C3OC[C@@H]4O)cc21. The van der Waals surface area contributed by atoms with Gasteiger partial charge < -0.3 is 34.6 Å². The van der Waals surface area contributed by atoms with Crippen molar-refractivity contribution in [2.24, 2.45) is 0 Å². The second-order valence-corrected chi connectivity index (χ2v) is 9.96. The summed E-state index contributed by atoms with van der Waals surface area (Å²) in [6.45, 7) is -0.0992. The van der Waals surface area contributed by atoms with E-state index in [1.54, 1.807) is 25.2 Å². The Hall–Kier alpha value is -4.28. The molecule has 3 aromatic rings. The van der Waals surface area contributed by atoms with Gasteiger partial charge in [-0.1, -0.05) is 42.2 Å². The standard InChI is InChI=1S/C28H27N5O7/c1-33-19-11-17(9-10-28(37)15-40-23-20(34)14-39-24(23)28)7-8-21(19)38-13-18(27(33)36)29-26(35)25-30-22(31-32-25)12-16-5-3-2-4-6-16/h2-8,11,18,20,23-24,34,37H,12-15H2,1H3,(H,29,35)(H,30,31,32)/t18-,20-,23?,24?,28+/m0/s1. The van der Waals surface area contributed by atoms with Crippen LogP contribution in [-0.4, -0.2) is 94.0 Å².